The first-order chi connectivity index (χ1) is 12.6. The Labute approximate surface area is 156 Å². The third kappa shape index (κ3) is 6.19. The van der Waals surface area contributed by atoms with Crippen LogP contribution in [0.5, 0.6) is 5.75 Å². The maximum atomic E-state index is 12.5. The predicted octanol–water partition coefficient (Wildman–Crippen LogP) is 4.72. The van der Waals surface area contributed by atoms with Crippen LogP contribution in [0.2, 0.25) is 0 Å². The summed E-state index contributed by atoms with van der Waals surface area (Å²) in [5, 5.41) is 3.04. The monoisotopic (exact) mass is 355 g/mol. The lowest BCUT2D eigenvalue weighted by atomic mass is 10.1. The van der Waals surface area contributed by atoms with E-state index in [9.17, 15) is 4.79 Å². The Morgan fingerprint density at radius 2 is 1.85 bits per heavy atom. The predicted molar refractivity (Wildman–Crippen MR) is 104 cm³/mol. The molecular formula is C22H29NO3. The first-order valence-electron chi connectivity index (χ1n) is 9.32. The van der Waals surface area contributed by atoms with Crippen LogP contribution in [0.15, 0.2) is 48.5 Å². The van der Waals surface area contributed by atoms with Crippen LogP contribution >= 0.6 is 0 Å². The van der Waals surface area contributed by atoms with Gasteiger partial charge in [0.25, 0.3) is 5.91 Å². The summed E-state index contributed by atoms with van der Waals surface area (Å²) in [6.45, 7) is 7.58. The number of ether oxygens (including phenoxy) is 2. The van der Waals surface area contributed by atoms with Gasteiger partial charge in [-0.25, -0.2) is 0 Å². The molecule has 0 radical (unpaired) electrons. The van der Waals surface area contributed by atoms with Gasteiger partial charge in [0.15, 0.2) is 0 Å². The highest BCUT2D eigenvalue weighted by atomic mass is 16.5. The number of hydrogen-bond acceptors (Lipinski definition) is 3. The third-order valence-corrected chi connectivity index (χ3v) is 4.09. The van der Waals surface area contributed by atoms with Gasteiger partial charge >= 0.3 is 0 Å². The summed E-state index contributed by atoms with van der Waals surface area (Å²) in [7, 11) is 0. The zero-order valence-electron chi connectivity index (χ0n) is 16.0. The van der Waals surface area contributed by atoms with Crippen LogP contribution in [-0.2, 0) is 18.0 Å². The normalized spacial score (nSPS) is 11.8. The lowest BCUT2D eigenvalue weighted by Crippen LogP contribution is -2.32. The summed E-state index contributed by atoms with van der Waals surface area (Å²) in [4.78, 5) is 12.5. The Morgan fingerprint density at radius 1 is 1.08 bits per heavy atom. The van der Waals surface area contributed by atoms with E-state index in [1.54, 1.807) is 6.07 Å². The summed E-state index contributed by atoms with van der Waals surface area (Å²) in [5.41, 5.74) is 2.64. The Kier molecular flexibility index (Phi) is 8.16. The molecule has 0 bridgehead atoms. The van der Waals surface area contributed by atoms with E-state index in [0.29, 0.717) is 25.4 Å². The van der Waals surface area contributed by atoms with E-state index >= 15 is 0 Å². The van der Waals surface area contributed by atoms with Gasteiger partial charge in [-0.3, -0.25) is 4.79 Å². The van der Waals surface area contributed by atoms with Crippen LogP contribution in [0.25, 0.3) is 0 Å². The Morgan fingerprint density at radius 3 is 2.54 bits per heavy atom. The van der Waals surface area contributed by atoms with Gasteiger partial charge in [-0.15, -0.1) is 0 Å². The molecule has 4 nitrogen and oxygen atoms in total. The van der Waals surface area contributed by atoms with Gasteiger partial charge in [-0.1, -0.05) is 43.7 Å². The molecule has 4 heteroatoms. The molecular weight excluding hydrogens is 326 g/mol. The van der Waals surface area contributed by atoms with E-state index in [1.807, 2.05) is 56.3 Å². The highest BCUT2D eigenvalue weighted by Gasteiger charge is 2.13. The van der Waals surface area contributed by atoms with Crippen molar-refractivity contribution in [1.29, 1.82) is 0 Å². The number of carbonyl (C=O) groups is 1. The van der Waals surface area contributed by atoms with Gasteiger partial charge in [-0.05, 0) is 44.0 Å². The lowest BCUT2D eigenvalue weighted by Gasteiger charge is -2.15. The molecule has 0 aliphatic rings. The fourth-order valence-corrected chi connectivity index (χ4v) is 2.80. The van der Waals surface area contributed by atoms with Crippen molar-refractivity contribution in [2.45, 2.75) is 52.9 Å². The minimum Gasteiger partial charge on any atom is -0.494 e. The second-order valence-corrected chi connectivity index (χ2v) is 6.40. The SMILES string of the molecule is CCCC(C)NC(=O)c1ccc(OCC)c(COCc2ccccc2)c1. The van der Waals surface area contributed by atoms with Crippen LogP contribution in [0.3, 0.4) is 0 Å². The Hall–Kier alpha value is -2.33. The van der Waals surface area contributed by atoms with E-state index in [-0.39, 0.29) is 11.9 Å². The quantitative estimate of drug-likeness (QED) is 0.671. The summed E-state index contributed by atoms with van der Waals surface area (Å²) in [5.74, 6) is 0.706. The van der Waals surface area contributed by atoms with Crippen LogP contribution in [0, 0.1) is 0 Å². The Bertz CT molecular complexity index is 685. The van der Waals surface area contributed by atoms with Crippen molar-refractivity contribution in [2.24, 2.45) is 0 Å². The highest BCUT2D eigenvalue weighted by molar-refractivity contribution is 5.94. The van der Waals surface area contributed by atoms with Crippen LogP contribution in [-0.4, -0.2) is 18.6 Å². The van der Waals surface area contributed by atoms with E-state index in [4.69, 9.17) is 9.47 Å². The van der Waals surface area contributed by atoms with Gasteiger partial charge in [0.1, 0.15) is 5.75 Å². The Balaban J connectivity index is 2.05. The molecule has 0 saturated carbocycles. The van der Waals surface area contributed by atoms with E-state index in [2.05, 4.69) is 12.2 Å². The molecule has 0 aromatic heterocycles. The van der Waals surface area contributed by atoms with Crippen LogP contribution < -0.4 is 10.1 Å². The number of rotatable bonds is 10. The highest BCUT2D eigenvalue weighted by Crippen LogP contribution is 2.22. The fourth-order valence-electron chi connectivity index (χ4n) is 2.80. The molecule has 1 atom stereocenters. The fraction of sp³-hybridized carbons (Fsp3) is 0.409. The number of carbonyl (C=O) groups excluding carboxylic acids is 1. The summed E-state index contributed by atoms with van der Waals surface area (Å²) in [6.07, 6.45) is 2.01. The van der Waals surface area contributed by atoms with Crippen molar-refractivity contribution in [3.8, 4) is 5.75 Å². The molecule has 1 N–H and O–H groups in total. The number of amides is 1. The van der Waals surface area contributed by atoms with Gasteiger partial charge in [-0.2, -0.15) is 0 Å². The molecule has 2 aromatic carbocycles. The summed E-state index contributed by atoms with van der Waals surface area (Å²) >= 11 is 0. The lowest BCUT2D eigenvalue weighted by molar-refractivity contribution is 0.0936. The van der Waals surface area contributed by atoms with Gasteiger partial charge < -0.3 is 14.8 Å². The number of hydrogen-bond donors (Lipinski definition) is 1. The molecule has 0 aliphatic heterocycles. The minimum atomic E-state index is -0.0571. The number of benzene rings is 2. The van der Waals surface area contributed by atoms with Crippen molar-refractivity contribution >= 4 is 5.91 Å². The molecule has 0 spiro atoms. The largest absolute Gasteiger partial charge is 0.494 e. The molecule has 140 valence electrons. The van der Waals surface area contributed by atoms with Crippen molar-refractivity contribution in [3.63, 3.8) is 0 Å². The van der Waals surface area contributed by atoms with Crippen molar-refractivity contribution in [3.05, 3.63) is 65.2 Å². The zero-order valence-corrected chi connectivity index (χ0v) is 16.0. The molecule has 2 rings (SSSR count). The van der Waals surface area contributed by atoms with E-state index in [0.717, 1.165) is 29.7 Å². The third-order valence-electron chi connectivity index (χ3n) is 4.09. The van der Waals surface area contributed by atoms with E-state index in [1.165, 1.54) is 0 Å². The van der Waals surface area contributed by atoms with E-state index < -0.39 is 0 Å². The van der Waals surface area contributed by atoms with Crippen molar-refractivity contribution in [2.75, 3.05) is 6.61 Å². The average molecular weight is 355 g/mol. The number of nitrogens with one attached hydrogen (secondary N) is 1. The maximum Gasteiger partial charge on any atom is 0.251 e. The molecule has 1 unspecified atom stereocenters. The summed E-state index contributed by atoms with van der Waals surface area (Å²) < 4.78 is 11.5. The molecule has 26 heavy (non-hydrogen) atoms. The standard InChI is InChI=1S/C22H29NO3/c1-4-9-17(3)23-22(24)19-12-13-21(26-5-2)20(14-19)16-25-15-18-10-7-6-8-11-18/h6-8,10-14,17H,4-5,9,15-16H2,1-3H3,(H,23,24). The molecule has 2 aromatic rings. The second-order valence-electron chi connectivity index (χ2n) is 6.40. The zero-order chi connectivity index (χ0) is 18.8. The smallest absolute Gasteiger partial charge is 0.251 e. The minimum absolute atomic E-state index is 0.0571. The first-order valence-corrected chi connectivity index (χ1v) is 9.32. The summed E-state index contributed by atoms with van der Waals surface area (Å²) in [6, 6.07) is 15.7. The van der Waals surface area contributed by atoms with Gasteiger partial charge in [0.2, 0.25) is 0 Å². The van der Waals surface area contributed by atoms with Crippen molar-refractivity contribution < 1.29 is 14.3 Å². The van der Waals surface area contributed by atoms with Crippen LogP contribution in [0.4, 0.5) is 0 Å². The molecule has 0 heterocycles. The topological polar surface area (TPSA) is 47.6 Å². The molecule has 0 aliphatic carbocycles. The molecule has 0 saturated heterocycles. The van der Waals surface area contributed by atoms with Crippen molar-refractivity contribution in [1.82, 2.24) is 5.32 Å². The molecule has 1 amide bonds. The average Bonchev–Trinajstić information content (AvgIpc) is 2.64. The maximum absolute atomic E-state index is 12.5. The van der Waals surface area contributed by atoms with Gasteiger partial charge in [0, 0.05) is 17.2 Å². The second kappa shape index (κ2) is 10.6. The molecule has 0 fully saturated rings. The first kappa shape index (κ1) is 20.0. The van der Waals surface area contributed by atoms with Crippen LogP contribution in [0.1, 0.15) is 55.1 Å². The van der Waals surface area contributed by atoms with Gasteiger partial charge in [0.05, 0.1) is 19.8 Å².